The lowest BCUT2D eigenvalue weighted by Crippen LogP contribution is -2.47. The van der Waals surface area contributed by atoms with Crippen molar-refractivity contribution in [3.63, 3.8) is 0 Å². The number of hydrogen-bond donors (Lipinski definition) is 1. The Balaban J connectivity index is 1.22. The van der Waals surface area contributed by atoms with Crippen LogP contribution in [0.3, 0.4) is 0 Å². The molecule has 0 amide bonds. The van der Waals surface area contributed by atoms with E-state index in [-0.39, 0.29) is 11.5 Å². The summed E-state index contributed by atoms with van der Waals surface area (Å²) in [6, 6.07) is 12.8. The molecule has 0 radical (unpaired) electrons. The van der Waals surface area contributed by atoms with Crippen LogP contribution >= 0.6 is 0 Å². The number of methoxy groups -OCH3 is 1. The summed E-state index contributed by atoms with van der Waals surface area (Å²) in [5, 5.41) is 0. The highest BCUT2D eigenvalue weighted by Crippen LogP contribution is 2.35. The zero-order valence-corrected chi connectivity index (χ0v) is 19.7. The molecule has 1 aromatic carbocycles. The molecule has 180 valence electrons. The van der Waals surface area contributed by atoms with Gasteiger partial charge < -0.3 is 19.8 Å². The van der Waals surface area contributed by atoms with Crippen molar-refractivity contribution < 1.29 is 9.15 Å². The monoisotopic (exact) mass is 473 g/mol. The number of aryl methyl sites for hydroxylation is 1. The largest absolute Gasteiger partial charge is 0.497 e. The predicted molar refractivity (Wildman–Crippen MR) is 133 cm³/mol. The molecular weight excluding hydrogens is 446 g/mol. The maximum absolute atomic E-state index is 12.8. The average molecular weight is 474 g/mol. The number of likely N-dealkylation sites (tertiary alicyclic amines) is 1. The molecule has 10 nitrogen and oxygen atoms in total. The van der Waals surface area contributed by atoms with E-state index >= 15 is 0 Å². The van der Waals surface area contributed by atoms with Crippen LogP contribution in [0.5, 0.6) is 5.75 Å². The van der Waals surface area contributed by atoms with Crippen molar-refractivity contribution >= 4 is 22.8 Å². The zero-order valence-electron chi connectivity index (χ0n) is 19.7. The number of nitrogen functional groups attached to an aromatic ring is 1. The van der Waals surface area contributed by atoms with E-state index in [1.807, 2.05) is 31.2 Å². The third-order valence-electron chi connectivity index (χ3n) is 7.05. The van der Waals surface area contributed by atoms with Crippen molar-refractivity contribution in [1.29, 1.82) is 0 Å². The number of nitrogens with two attached hydrogens (primary N) is 1. The molecule has 4 aromatic rings. The minimum Gasteiger partial charge on any atom is -0.497 e. The van der Waals surface area contributed by atoms with Crippen LogP contribution < -0.4 is 20.9 Å². The SMILES string of the molecule is COc1ccc(N2C[C@@H]3C[C@H]2CN3CCn2c(=O)cnc3c(-c4ccc(C)o4)nc(N)nc32)cc1. The number of nitrogens with zero attached hydrogens (tertiary/aromatic N) is 6. The number of piperazine rings is 1. The van der Waals surface area contributed by atoms with Gasteiger partial charge in [-0.2, -0.15) is 4.98 Å². The molecule has 0 spiro atoms. The van der Waals surface area contributed by atoms with E-state index in [1.54, 1.807) is 11.7 Å². The van der Waals surface area contributed by atoms with Gasteiger partial charge in [-0.15, -0.1) is 0 Å². The maximum Gasteiger partial charge on any atom is 0.270 e. The fraction of sp³-hybridized carbons (Fsp3) is 0.360. The summed E-state index contributed by atoms with van der Waals surface area (Å²) in [5.41, 5.74) is 8.45. The van der Waals surface area contributed by atoms with Crippen LogP contribution in [0.2, 0.25) is 0 Å². The number of furan rings is 1. The molecule has 35 heavy (non-hydrogen) atoms. The van der Waals surface area contributed by atoms with Gasteiger partial charge in [0, 0.05) is 44.0 Å². The molecule has 2 aliphatic heterocycles. The number of aromatic nitrogens is 4. The van der Waals surface area contributed by atoms with Crippen molar-refractivity contribution in [3.05, 3.63) is 58.7 Å². The van der Waals surface area contributed by atoms with E-state index in [9.17, 15) is 4.79 Å². The van der Waals surface area contributed by atoms with Crippen LogP contribution in [0, 0.1) is 6.92 Å². The van der Waals surface area contributed by atoms with Gasteiger partial charge in [-0.05, 0) is 49.7 Å². The van der Waals surface area contributed by atoms with E-state index in [2.05, 4.69) is 36.9 Å². The van der Waals surface area contributed by atoms with Gasteiger partial charge in [0.05, 0.1) is 13.3 Å². The molecular formula is C25H27N7O3. The fourth-order valence-corrected chi connectivity index (χ4v) is 5.35. The molecule has 3 aromatic heterocycles. The Morgan fingerprint density at radius 1 is 1.09 bits per heavy atom. The smallest absolute Gasteiger partial charge is 0.270 e. The van der Waals surface area contributed by atoms with Crippen LogP contribution in [0.4, 0.5) is 11.6 Å². The van der Waals surface area contributed by atoms with Crippen LogP contribution in [-0.2, 0) is 6.54 Å². The summed E-state index contributed by atoms with van der Waals surface area (Å²) in [6.45, 7) is 5.04. The molecule has 0 unspecified atom stereocenters. The molecule has 5 heterocycles. The molecule has 6 rings (SSSR count). The molecule has 2 fully saturated rings. The Hall–Kier alpha value is -3.92. The normalized spacial score (nSPS) is 19.7. The van der Waals surface area contributed by atoms with Gasteiger partial charge in [0.25, 0.3) is 5.56 Å². The van der Waals surface area contributed by atoms with E-state index in [4.69, 9.17) is 14.9 Å². The first-order chi connectivity index (χ1) is 17.0. The summed E-state index contributed by atoms with van der Waals surface area (Å²) >= 11 is 0. The lowest BCUT2D eigenvalue weighted by Gasteiger charge is -2.35. The second kappa shape index (κ2) is 8.38. The first kappa shape index (κ1) is 21.6. The van der Waals surface area contributed by atoms with E-state index in [0.717, 1.165) is 37.6 Å². The van der Waals surface area contributed by atoms with Gasteiger partial charge in [0.2, 0.25) is 5.95 Å². The van der Waals surface area contributed by atoms with Crippen molar-refractivity contribution in [2.45, 2.75) is 32.0 Å². The van der Waals surface area contributed by atoms with Crippen molar-refractivity contribution in [3.8, 4) is 17.2 Å². The number of hydrogen-bond acceptors (Lipinski definition) is 9. The minimum atomic E-state index is -0.207. The lowest BCUT2D eigenvalue weighted by atomic mass is 10.2. The predicted octanol–water partition coefficient (Wildman–Crippen LogP) is 2.31. The Labute approximate surface area is 202 Å². The Morgan fingerprint density at radius 3 is 2.60 bits per heavy atom. The second-order valence-electron chi connectivity index (χ2n) is 9.15. The van der Waals surface area contributed by atoms with Gasteiger partial charge >= 0.3 is 0 Å². The first-order valence-corrected chi connectivity index (χ1v) is 11.7. The molecule has 2 N–H and O–H groups in total. The quantitative estimate of drug-likeness (QED) is 0.450. The van der Waals surface area contributed by atoms with Gasteiger partial charge in [0.1, 0.15) is 22.7 Å². The standard InChI is InChI=1S/C25H27N7O3/c1-15-3-8-20(35-15)22-23-24(29-25(26)28-22)31(21(33)12-27-23)10-9-30-13-18-11-17(30)14-32(18)16-4-6-19(34-2)7-5-16/h3-8,12,17-18H,9-11,13-14H2,1-2H3,(H2,26,28,29)/t17-,18-/m0/s1. The summed E-state index contributed by atoms with van der Waals surface area (Å²) in [7, 11) is 1.68. The lowest BCUT2D eigenvalue weighted by molar-refractivity contribution is 0.230. The summed E-state index contributed by atoms with van der Waals surface area (Å²) in [5.74, 6) is 2.25. The highest BCUT2D eigenvalue weighted by Gasteiger charge is 2.43. The Bertz CT molecular complexity index is 1450. The van der Waals surface area contributed by atoms with E-state index < -0.39 is 0 Å². The number of benzene rings is 1. The molecule has 0 aliphatic carbocycles. The average Bonchev–Trinajstić information content (AvgIpc) is 3.59. The minimum absolute atomic E-state index is 0.0815. The highest BCUT2D eigenvalue weighted by atomic mass is 16.5. The molecule has 2 aliphatic rings. The zero-order chi connectivity index (χ0) is 24.1. The summed E-state index contributed by atoms with van der Waals surface area (Å²) < 4.78 is 12.7. The van der Waals surface area contributed by atoms with Gasteiger partial charge in [0.15, 0.2) is 11.4 Å². The number of fused-ring (bicyclic) bond motifs is 3. The van der Waals surface area contributed by atoms with E-state index in [1.165, 1.54) is 11.9 Å². The first-order valence-electron chi connectivity index (χ1n) is 11.7. The van der Waals surface area contributed by atoms with Gasteiger partial charge in [-0.25, -0.2) is 9.97 Å². The maximum atomic E-state index is 12.8. The van der Waals surface area contributed by atoms with Crippen LogP contribution in [-0.4, -0.2) is 63.2 Å². The molecule has 0 saturated carbocycles. The summed E-state index contributed by atoms with van der Waals surface area (Å²) in [6.07, 6.45) is 2.44. The number of ether oxygens (including phenoxy) is 1. The molecule has 2 atom stereocenters. The van der Waals surface area contributed by atoms with Crippen LogP contribution in [0.1, 0.15) is 12.2 Å². The number of anilines is 2. The van der Waals surface area contributed by atoms with Gasteiger partial charge in [-0.1, -0.05) is 0 Å². The van der Waals surface area contributed by atoms with Gasteiger partial charge in [-0.3, -0.25) is 14.3 Å². The topological polar surface area (TPSA) is 116 Å². The fourth-order valence-electron chi connectivity index (χ4n) is 5.35. The Kier molecular flexibility index (Phi) is 5.18. The van der Waals surface area contributed by atoms with Crippen molar-refractivity contribution in [2.75, 3.05) is 37.4 Å². The molecule has 2 bridgehead atoms. The van der Waals surface area contributed by atoms with Crippen molar-refractivity contribution in [2.24, 2.45) is 0 Å². The number of rotatable bonds is 6. The summed E-state index contributed by atoms with van der Waals surface area (Å²) in [4.78, 5) is 30.8. The third-order valence-corrected chi connectivity index (χ3v) is 7.05. The second-order valence-corrected chi connectivity index (χ2v) is 9.15. The highest BCUT2D eigenvalue weighted by molar-refractivity contribution is 5.86. The third kappa shape index (κ3) is 3.79. The molecule has 10 heteroatoms. The van der Waals surface area contributed by atoms with Crippen molar-refractivity contribution in [1.82, 2.24) is 24.4 Å². The van der Waals surface area contributed by atoms with Crippen LogP contribution in [0.25, 0.3) is 22.6 Å². The Morgan fingerprint density at radius 2 is 1.91 bits per heavy atom. The van der Waals surface area contributed by atoms with E-state index in [0.29, 0.717) is 41.2 Å². The van der Waals surface area contributed by atoms with Crippen LogP contribution in [0.15, 0.2) is 51.8 Å². The molecule has 2 saturated heterocycles.